The summed E-state index contributed by atoms with van der Waals surface area (Å²) in [7, 11) is -4.08. The van der Waals surface area contributed by atoms with E-state index in [2.05, 4.69) is 0 Å². The van der Waals surface area contributed by atoms with Crippen molar-refractivity contribution in [3.63, 3.8) is 0 Å². The van der Waals surface area contributed by atoms with Gasteiger partial charge in [-0.15, -0.1) is 0 Å². The summed E-state index contributed by atoms with van der Waals surface area (Å²) >= 11 is 0. The van der Waals surface area contributed by atoms with Crippen LogP contribution < -0.4 is 0 Å². The molecule has 0 aromatic carbocycles. The first-order chi connectivity index (χ1) is 6.92. The van der Waals surface area contributed by atoms with Gasteiger partial charge in [0.25, 0.3) is 0 Å². The Morgan fingerprint density at radius 2 is 1.40 bits per heavy atom. The van der Waals surface area contributed by atoms with Crippen LogP contribution in [0.4, 0.5) is 8.78 Å². The van der Waals surface area contributed by atoms with Crippen LogP contribution in [0.15, 0.2) is 0 Å². The molecule has 15 heavy (non-hydrogen) atoms. The van der Waals surface area contributed by atoms with E-state index in [-0.39, 0.29) is 12.2 Å². The van der Waals surface area contributed by atoms with Crippen molar-refractivity contribution in [2.24, 2.45) is 0 Å². The minimum absolute atomic E-state index is 0.0606. The average molecular weight is 243 g/mol. The van der Waals surface area contributed by atoms with Crippen molar-refractivity contribution in [2.45, 2.75) is 51.4 Å². The Morgan fingerprint density at radius 1 is 0.933 bits per heavy atom. The van der Waals surface area contributed by atoms with Gasteiger partial charge in [-0.3, -0.25) is 0 Å². The van der Waals surface area contributed by atoms with Gasteiger partial charge < -0.3 is 4.55 Å². The van der Waals surface area contributed by atoms with Crippen LogP contribution in [0.1, 0.15) is 44.9 Å². The van der Waals surface area contributed by atoms with Crippen LogP contribution in [0.3, 0.4) is 0 Å². The summed E-state index contributed by atoms with van der Waals surface area (Å²) in [6, 6.07) is 0. The SMILES string of the molecule is O=S(=O)([O-])CCCCCCCCC(F)F. The number of halogens is 2. The Labute approximate surface area is 89.6 Å². The van der Waals surface area contributed by atoms with Crippen LogP contribution in [0.25, 0.3) is 0 Å². The molecule has 0 saturated heterocycles. The Bertz CT molecular complexity index is 240. The zero-order valence-electron chi connectivity index (χ0n) is 8.62. The minimum atomic E-state index is -4.08. The summed E-state index contributed by atoms with van der Waals surface area (Å²) in [6.07, 6.45) is 1.65. The molecule has 0 bridgehead atoms. The van der Waals surface area contributed by atoms with Gasteiger partial charge in [0, 0.05) is 12.2 Å². The van der Waals surface area contributed by atoms with Crippen molar-refractivity contribution in [1.29, 1.82) is 0 Å². The normalized spacial score (nSPS) is 12.3. The molecule has 0 aromatic heterocycles. The van der Waals surface area contributed by atoms with Gasteiger partial charge in [-0.05, 0) is 12.8 Å². The molecule has 0 unspecified atom stereocenters. The lowest BCUT2D eigenvalue weighted by Crippen LogP contribution is -2.03. The van der Waals surface area contributed by atoms with E-state index in [1.165, 1.54) is 0 Å². The molecule has 0 spiro atoms. The molecular weight excluding hydrogens is 226 g/mol. The standard InChI is InChI=1S/C9H18F2O3S/c10-9(11)7-5-3-1-2-4-6-8-15(12,13)14/h9H,1-8H2,(H,12,13,14)/p-1. The molecule has 0 fully saturated rings. The van der Waals surface area contributed by atoms with Crippen molar-refractivity contribution in [3.05, 3.63) is 0 Å². The highest BCUT2D eigenvalue weighted by molar-refractivity contribution is 7.85. The number of hydrogen-bond acceptors (Lipinski definition) is 3. The molecule has 0 aliphatic carbocycles. The molecule has 92 valence electrons. The van der Waals surface area contributed by atoms with Crippen molar-refractivity contribution in [3.8, 4) is 0 Å². The lowest BCUT2D eigenvalue weighted by Gasteiger charge is -2.05. The van der Waals surface area contributed by atoms with Crippen LogP contribution in [0, 0.1) is 0 Å². The van der Waals surface area contributed by atoms with E-state index >= 15 is 0 Å². The predicted octanol–water partition coefficient (Wildman–Crippen LogP) is 2.53. The molecule has 0 aromatic rings. The number of alkyl halides is 2. The lowest BCUT2D eigenvalue weighted by molar-refractivity contribution is 0.133. The van der Waals surface area contributed by atoms with Crippen molar-refractivity contribution in [1.82, 2.24) is 0 Å². The molecule has 0 heterocycles. The first-order valence-electron chi connectivity index (χ1n) is 5.13. The summed E-state index contributed by atoms with van der Waals surface area (Å²) < 4.78 is 54.0. The van der Waals surface area contributed by atoms with Gasteiger partial charge in [0.1, 0.15) is 0 Å². The van der Waals surface area contributed by atoms with E-state index in [9.17, 15) is 21.8 Å². The quantitative estimate of drug-likeness (QED) is 0.462. The second-order valence-corrected chi connectivity index (χ2v) is 5.09. The van der Waals surface area contributed by atoms with Crippen LogP contribution in [-0.2, 0) is 10.1 Å². The molecule has 0 rings (SSSR count). The second kappa shape index (κ2) is 7.98. The van der Waals surface area contributed by atoms with Gasteiger partial charge in [-0.25, -0.2) is 17.2 Å². The number of unbranched alkanes of at least 4 members (excludes halogenated alkanes) is 5. The fourth-order valence-electron chi connectivity index (χ4n) is 1.28. The largest absolute Gasteiger partial charge is 0.748 e. The zero-order valence-corrected chi connectivity index (χ0v) is 9.44. The van der Waals surface area contributed by atoms with Gasteiger partial charge in [0.2, 0.25) is 6.43 Å². The molecule has 6 heteroatoms. The summed E-state index contributed by atoms with van der Waals surface area (Å²) in [6.45, 7) is 0. The van der Waals surface area contributed by atoms with Crippen LogP contribution in [0.5, 0.6) is 0 Å². The highest BCUT2D eigenvalue weighted by atomic mass is 32.2. The summed E-state index contributed by atoms with van der Waals surface area (Å²) in [4.78, 5) is 0. The monoisotopic (exact) mass is 243 g/mol. The molecule has 0 aliphatic heterocycles. The van der Waals surface area contributed by atoms with E-state index in [1.807, 2.05) is 0 Å². The van der Waals surface area contributed by atoms with Crippen LogP contribution in [0.2, 0.25) is 0 Å². The smallest absolute Gasteiger partial charge is 0.238 e. The maximum atomic E-state index is 11.7. The van der Waals surface area contributed by atoms with Gasteiger partial charge in [0.05, 0.1) is 10.1 Å². The predicted molar refractivity (Wildman–Crippen MR) is 52.9 cm³/mol. The van der Waals surface area contributed by atoms with Gasteiger partial charge in [-0.1, -0.05) is 25.7 Å². The molecule has 3 nitrogen and oxygen atoms in total. The van der Waals surface area contributed by atoms with E-state index in [0.717, 1.165) is 19.3 Å². The highest BCUT2D eigenvalue weighted by Crippen LogP contribution is 2.11. The third-order valence-electron chi connectivity index (χ3n) is 2.07. The van der Waals surface area contributed by atoms with Crippen LogP contribution >= 0.6 is 0 Å². The molecule has 0 N–H and O–H groups in total. The fraction of sp³-hybridized carbons (Fsp3) is 1.00. The lowest BCUT2D eigenvalue weighted by atomic mass is 10.1. The zero-order chi connectivity index (χ0) is 11.7. The van der Waals surface area contributed by atoms with Crippen LogP contribution in [-0.4, -0.2) is 25.1 Å². The van der Waals surface area contributed by atoms with Crippen molar-refractivity contribution < 1.29 is 21.8 Å². The molecular formula is C9H17F2O3S-. The average Bonchev–Trinajstić information content (AvgIpc) is 2.07. The summed E-state index contributed by atoms with van der Waals surface area (Å²) in [5.41, 5.74) is 0. The third kappa shape index (κ3) is 13.8. The molecule has 0 radical (unpaired) electrons. The fourth-order valence-corrected chi connectivity index (χ4v) is 1.84. The molecule has 0 saturated carbocycles. The Balaban J connectivity index is 3.12. The maximum absolute atomic E-state index is 11.7. The van der Waals surface area contributed by atoms with Gasteiger partial charge in [-0.2, -0.15) is 0 Å². The van der Waals surface area contributed by atoms with Crippen molar-refractivity contribution >= 4 is 10.1 Å². The minimum Gasteiger partial charge on any atom is -0.748 e. The molecule has 0 aliphatic rings. The van der Waals surface area contributed by atoms with Crippen molar-refractivity contribution in [2.75, 3.05) is 5.75 Å². The Hall–Kier alpha value is -0.230. The molecule has 0 amide bonds. The van der Waals surface area contributed by atoms with E-state index in [1.54, 1.807) is 0 Å². The summed E-state index contributed by atoms with van der Waals surface area (Å²) in [5.74, 6) is -0.315. The maximum Gasteiger partial charge on any atom is 0.238 e. The van der Waals surface area contributed by atoms with E-state index in [4.69, 9.17) is 0 Å². The number of hydrogen-bond donors (Lipinski definition) is 0. The van der Waals surface area contributed by atoms with Gasteiger partial charge >= 0.3 is 0 Å². The van der Waals surface area contributed by atoms with E-state index < -0.39 is 16.5 Å². The Morgan fingerprint density at radius 3 is 1.87 bits per heavy atom. The second-order valence-electron chi connectivity index (χ2n) is 3.56. The third-order valence-corrected chi connectivity index (χ3v) is 2.86. The molecule has 0 atom stereocenters. The first-order valence-corrected chi connectivity index (χ1v) is 6.71. The highest BCUT2D eigenvalue weighted by Gasteiger charge is 2.01. The van der Waals surface area contributed by atoms with Gasteiger partial charge in [0.15, 0.2) is 0 Å². The Kier molecular flexibility index (Phi) is 7.86. The van der Waals surface area contributed by atoms with E-state index in [0.29, 0.717) is 19.3 Å². The first kappa shape index (κ1) is 14.8. The summed E-state index contributed by atoms with van der Waals surface area (Å²) in [5, 5.41) is 0. The number of rotatable bonds is 9. The topological polar surface area (TPSA) is 57.2 Å².